The first-order valence-corrected chi connectivity index (χ1v) is 2.85. The van der Waals surface area contributed by atoms with Crippen molar-refractivity contribution in [2.45, 2.75) is 18.6 Å². The van der Waals surface area contributed by atoms with Gasteiger partial charge < -0.3 is 11.5 Å². The number of thiocarbonyl (C=S) groups is 1. The Balaban J connectivity index is 3.85. The lowest BCUT2D eigenvalue weighted by molar-refractivity contribution is -0.145. The molecule has 0 aliphatic carbocycles. The minimum Gasteiger partial charge on any atom is -0.393 e. The monoisotopic (exact) mass is 172 g/mol. The predicted octanol–water partition coefficient (Wildman–Crippen LogP) is 0.552. The van der Waals surface area contributed by atoms with Crippen molar-refractivity contribution in [3.05, 3.63) is 0 Å². The van der Waals surface area contributed by atoms with Gasteiger partial charge in [0.2, 0.25) is 0 Å². The highest BCUT2D eigenvalue weighted by molar-refractivity contribution is 7.80. The zero-order valence-electron chi connectivity index (χ0n) is 4.98. The largest absolute Gasteiger partial charge is 0.404 e. The van der Waals surface area contributed by atoms with Crippen LogP contribution in [-0.4, -0.2) is 17.2 Å². The van der Waals surface area contributed by atoms with Crippen LogP contribution in [0, 0.1) is 0 Å². The third kappa shape index (κ3) is 3.62. The highest BCUT2D eigenvalue weighted by Crippen LogP contribution is 2.20. The fourth-order valence-electron chi connectivity index (χ4n) is 0.332. The van der Waals surface area contributed by atoms with Gasteiger partial charge in [-0.3, -0.25) is 0 Å². The summed E-state index contributed by atoms with van der Waals surface area (Å²) in [6.07, 6.45) is -4.89. The van der Waals surface area contributed by atoms with Crippen molar-refractivity contribution >= 4 is 17.2 Å². The number of hydrogen-bond acceptors (Lipinski definition) is 2. The molecule has 0 aliphatic heterocycles. The fraction of sp³-hybridized carbons (Fsp3) is 0.750. The highest BCUT2D eigenvalue weighted by atomic mass is 32.1. The van der Waals surface area contributed by atoms with Gasteiger partial charge in [0.25, 0.3) is 0 Å². The lowest BCUT2D eigenvalue weighted by Gasteiger charge is -2.13. The van der Waals surface area contributed by atoms with E-state index >= 15 is 0 Å². The van der Waals surface area contributed by atoms with Crippen LogP contribution in [0.5, 0.6) is 0 Å². The second-order valence-corrected chi connectivity index (χ2v) is 2.34. The first-order valence-electron chi connectivity index (χ1n) is 2.44. The van der Waals surface area contributed by atoms with Crippen LogP contribution >= 0.6 is 12.2 Å². The van der Waals surface area contributed by atoms with Gasteiger partial charge >= 0.3 is 6.18 Å². The lowest BCUT2D eigenvalue weighted by Crippen LogP contribution is -2.40. The predicted molar refractivity (Wildman–Crippen MR) is 35.4 cm³/mol. The van der Waals surface area contributed by atoms with Gasteiger partial charge in [-0.1, -0.05) is 12.2 Å². The summed E-state index contributed by atoms with van der Waals surface area (Å²) in [5.74, 6) is 0. The minimum atomic E-state index is -4.40. The molecule has 0 spiro atoms. The Bertz CT molecular complexity index is 133. The van der Waals surface area contributed by atoms with Gasteiger partial charge in [-0.15, -0.1) is 0 Å². The Morgan fingerprint density at radius 1 is 1.50 bits per heavy atom. The first-order chi connectivity index (χ1) is 4.34. The van der Waals surface area contributed by atoms with Crippen LogP contribution in [0.15, 0.2) is 0 Å². The molecule has 0 bridgehead atoms. The lowest BCUT2D eigenvalue weighted by atomic mass is 10.2. The number of halogens is 3. The van der Waals surface area contributed by atoms with Crippen molar-refractivity contribution in [3.63, 3.8) is 0 Å². The maximum absolute atomic E-state index is 11.6. The normalized spacial score (nSPS) is 14.8. The molecule has 60 valence electrons. The molecule has 0 aromatic carbocycles. The Labute approximate surface area is 61.4 Å². The highest BCUT2D eigenvalue weighted by Gasteiger charge is 2.36. The van der Waals surface area contributed by atoms with Gasteiger partial charge in [-0.25, -0.2) is 0 Å². The van der Waals surface area contributed by atoms with Crippen molar-refractivity contribution in [2.24, 2.45) is 11.5 Å². The molecule has 0 radical (unpaired) electrons. The van der Waals surface area contributed by atoms with E-state index in [0.717, 1.165) is 0 Å². The van der Waals surface area contributed by atoms with E-state index in [-0.39, 0.29) is 4.99 Å². The second kappa shape index (κ2) is 3.16. The summed E-state index contributed by atoms with van der Waals surface area (Å²) in [6.45, 7) is 0. The summed E-state index contributed by atoms with van der Waals surface area (Å²) in [5.41, 5.74) is 9.50. The summed E-state index contributed by atoms with van der Waals surface area (Å²) in [5, 5.41) is 0. The first kappa shape index (κ1) is 9.64. The Morgan fingerprint density at radius 2 is 1.90 bits per heavy atom. The van der Waals surface area contributed by atoms with Gasteiger partial charge in [-0.05, 0) is 0 Å². The molecular weight excluding hydrogens is 165 g/mol. The van der Waals surface area contributed by atoms with Gasteiger partial charge in [0.15, 0.2) is 0 Å². The van der Waals surface area contributed by atoms with E-state index in [1.54, 1.807) is 0 Å². The molecule has 0 fully saturated rings. The van der Waals surface area contributed by atoms with E-state index in [4.69, 9.17) is 5.73 Å². The Kier molecular flexibility index (Phi) is 3.04. The van der Waals surface area contributed by atoms with Crippen LogP contribution in [0.3, 0.4) is 0 Å². The molecule has 0 rings (SSSR count). The van der Waals surface area contributed by atoms with Crippen molar-refractivity contribution in [3.8, 4) is 0 Å². The minimum absolute atomic E-state index is 0.218. The number of hydrogen-bond donors (Lipinski definition) is 2. The molecule has 0 saturated heterocycles. The molecule has 0 amide bonds. The summed E-state index contributed by atoms with van der Waals surface area (Å²) in [6, 6.07) is -1.93. The van der Waals surface area contributed by atoms with Crippen molar-refractivity contribution < 1.29 is 13.2 Å². The average molecular weight is 172 g/mol. The molecule has 0 aromatic rings. The SMILES string of the molecule is NC(=S)CC(N)C(F)(F)F. The standard InChI is InChI=1S/C4H7F3N2S/c5-4(6,7)2(8)1-3(9)10/h2H,1,8H2,(H2,9,10). The third-order valence-electron chi connectivity index (χ3n) is 0.842. The average Bonchev–Trinajstić information content (AvgIpc) is 1.60. The fourth-order valence-corrected chi connectivity index (χ4v) is 0.512. The molecule has 10 heavy (non-hydrogen) atoms. The number of rotatable bonds is 2. The van der Waals surface area contributed by atoms with E-state index in [1.807, 2.05) is 0 Å². The molecule has 0 aliphatic rings. The summed E-state index contributed by atoms with van der Waals surface area (Å²) in [4.78, 5) is -0.218. The number of alkyl halides is 3. The maximum Gasteiger partial charge on any atom is 0.404 e. The second-order valence-electron chi connectivity index (χ2n) is 1.82. The van der Waals surface area contributed by atoms with E-state index in [2.05, 4.69) is 18.0 Å². The Hall–Kier alpha value is -0.360. The zero-order valence-corrected chi connectivity index (χ0v) is 5.80. The maximum atomic E-state index is 11.6. The van der Waals surface area contributed by atoms with Crippen LogP contribution in [0.25, 0.3) is 0 Å². The van der Waals surface area contributed by atoms with Gasteiger partial charge in [-0.2, -0.15) is 13.2 Å². The van der Waals surface area contributed by atoms with Crippen LogP contribution in [0.2, 0.25) is 0 Å². The zero-order chi connectivity index (χ0) is 8.36. The van der Waals surface area contributed by atoms with Crippen molar-refractivity contribution in [1.29, 1.82) is 0 Å². The third-order valence-corrected chi connectivity index (χ3v) is 1.01. The molecule has 0 heterocycles. The molecule has 0 aromatic heterocycles. The van der Waals surface area contributed by atoms with E-state index in [9.17, 15) is 13.2 Å². The van der Waals surface area contributed by atoms with Gasteiger partial charge in [0.1, 0.15) is 6.04 Å². The van der Waals surface area contributed by atoms with Crippen LogP contribution in [0.1, 0.15) is 6.42 Å². The van der Waals surface area contributed by atoms with E-state index in [0.29, 0.717) is 0 Å². The summed E-state index contributed by atoms with van der Waals surface area (Å²) < 4.78 is 34.7. The molecule has 2 nitrogen and oxygen atoms in total. The van der Waals surface area contributed by atoms with Gasteiger partial charge in [0, 0.05) is 6.42 Å². The topological polar surface area (TPSA) is 52.0 Å². The molecule has 6 heteroatoms. The van der Waals surface area contributed by atoms with E-state index < -0.39 is 18.6 Å². The summed E-state index contributed by atoms with van der Waals surface area (Å²) in [7, 11) is 0. The van der Waals surface area contributed by atoms with Crippen LogP contribution in [0.4, 0.5) is 13.2 Å². The Morgan fingerprint density at radius 3 is 2.00 bits per heavy atom. The molecule has 1 unspecified atom stereocenters. The van der Waals surface area contributed by atoms with Crippen molar-refractivity contribution in [2.75, 3.05) is 0 Å². The van der Waals surface area contributed by atoms with Crippen LogP contribution < -0.4 is 11.5 Å². The molecular formula is C4H7F3N2S. The quantitative estimate of drug-likeness (QED) is 0.598. The molecule has 1 atom stereocenters. The van der Waals surface area contributed by atoms with E-state index in [1.165, 1.54) is 0 Å². The molecule has 0 saturated carbocycles. The van der Waals surface area contributed by atoms with Gasteiger partial charge in [0.05, 0.1) is 4.99 Å². The smallest absolute Gasteiger partial charge is 0.393 e. The van der Waals surface area contributed by atoms with Crippen molar-refractivity contribution in [1.82, 2.24) is 0 Å². The number of nitrogens with two attached hydrogens (primary N) is 2. The van der Waals surface area contributed by atoms with Crippen LogP contribution in [-0.2, 0) is 0 Å². The molecule has 4 N–H and O–H groups in total. The summed E-state index contributed by atoms with van der Waals surface area (Å²) >= 11 is 4.24.